The summed E-state index contributed by atoms with van der Waals surface area (Å²) < 4.78 is 45.6. The molecular formula is C31H24F2N2O5. The zero-order valence-corrected chi connectivity index (χ0v) is 22.0. The Labute approximate surface area is 227 Å². The first-order valence-corrected chi connectivity index (χ1v) is 12.8. The molecule has 3 aromatic heterocycles. The van der Waals surface area contributed by atoms with Gasteiger partial charge in [0, 0.05) is 23.2 Å². The maximum absolute atomic E-state index is 13.9. The molecule has 0 atom stereocenters. The number of rotatable bonds is 4. The Morgan fingerprint density at radius 2 is 1.50 bits per heavy atom. The average Bonchev–Trinajstić information content (AvgIpc) is 3.31. The molecule has 0 saturated carbocycles. The van der Waals surface area contributed by atoms with Gasteiger partial charge >= 0.3 is 11.9 Å². The number of pyridine rings is 2. The molecule has 9 heteroatoms. The molecule has 1 aliphatic carbocycles. The van der Waals surface area contributed by atoms with E-state index in [-0.39, 0.29) is 28.0 Å². The van der Waals surface area contributed by atoms with Crippen molar-refractivity contribution in [1.29, 1.82) is 0 Å². The number of fused-ring (bicyclic) bond motifs is 5. The number of halogens is 2. The van der Waals surface area contributed by atoms with Crippen LogP contribution in [0.15, 0.2) is 59.7 Å². The van der Waals surface area contributed by atoms with Crippen LogP contribution in [0.2, 0.25) is 0 Å². The van der Waals surface area contributed by atoms with Crippen LogP contribution in [0.1, 0.15) is 64.1 Å². The van der Waals surface area contributed by atoms with E-state index in [1.54, 1.807) is 6.92 Å². The Kier molecular flexibility index (Phi) is 6.09. The summed E-state index contributed by atoms with van der Waals surface area (Å²) in [5, 5.41) is 1.65. The first-order chi connectivity index (χ1) is 19.1. The van der Waals surface area contributed by atoms with Gasteiger partial charge in [-0.15, -0.1) is 0 Å². The Morgan fingerprint density at radius 1 is 0.900 bits per heavy atom. The number of hydrogen-bond donors (Lipinski definition) is 0. The van der Waals surface area contributed by atoms with E-state index in [0.29, 0.717) is 33.7 Å². The molecule has 3 heterocycles. The summed E-state index contributed by atoms with van der Waals surface area (Å²) in [7, 11) is 0. The molecule has 5 aromatic rings. The molecule has 0 amide bonds. The number of hydrogen-bond acceptors (Lipinski definition) is 7. The summed E-state index contributed by atoms with van der Waals surface area (Å²) in [6, 6.07) is 5.99. The SMILES string of the molecule is Cc1coc2c1c(OC(=O)c1cncc(F)c1)c(OC(=O)c1cncc(F)c1)c1c3c(ccc12)C(C)(C)CCC3. The van der Waals surface area contributed by atoms with Gasteiger partial charge in [-0.1, -0.05) is 26.0 Å². The monoisotopic (exact) mass is 542 g/mol. The molecule has 0 radical (unpaired) electrons. The van der Waals surface area contributed by atoms with Crippen molar-refractivity contribution in [2.45, 2.75) is 45.4 Å². The molecule has 7 nitrogen and oxygen atoms in total. The first kappa shape index (κ1) is 25.6. The van der Waals surface area contributed by atoms with Crippen molar-refractivity contribution in [2.75, 3.05) is 0 Å². The van der Waals surface area contributed by atoms with Crippen molar-refractivity contribution in [3.63, 3.8) is 0 Å². The summed E-state index contributed by atoms with van der Waals surface area (Å²) in [5.74, 6) is -3.26. The van der Waals surface area contributed by atoms with Gasteiger partial charge in [0.05, 0.1) is 35.2 Å². The third-order valence-corrected chi connectivity index (χ3v) is 7.42. The molecule has 0 unspecified atom stereocenters. The highest BCUT2D eigenvalue weighted by Crippen LogP contribution is 2.51. The molecule has 202 valence electrons. The summed E-state index contributed by atoms with van der Waals surface area (Å²) >= 11 is 0. The molecule has 40 heavy (non-hydrogen) atoms. The van der Waals surface area contributed by atoms with Crippen molar-refractivity contribution >= 4 is 33.7 Å². The van der Waals surface area contributed by atoms with Crippen LogP contribution < -0.4 is 9.47 Å². The minimum absolute atomic E-state index is 0.00600. The van der Waals surface area contributed by atoms with Gasteiger partial charge < -0.3 is 13.9 Å². The second-order valence-corrected chi connectivity index (χ2v) is 10.6. The maximum atomic E-state index is 13.9. The zero-order chi connectivity index (χ0) is 28.2. The van der Waals surface area contributed by atoms with Crippen LogP contribution in [-0.2, 0) is 11.8 Å². The van der Waals surface area contributed by atoms with Crippen molar-refractivity contribution in [3.8, 4) is 11.5 Å². The lowest BCUT2D eigenvalue weighted by atomic mass is 9.71. The predicted octanol–water partition coefficient (Wildman–Crippen LogP) is 7.01. The molecule has 2 aromatic carbocycles. The highest BCUT2D eigenvalue weighted by molar-refractivity contribution is 6.15. The first-order valence-electron chi connectivity index (χ1n) is 12.8. The van der Waals surface area contributed by atoms with Gasteiger partial charge in [-0.2, -0.15) is 0 Å². The van der Waals surface area contributed by atoms with E-state index in [9.17, 15) is 18.4 Å². The Hall–Kier alpha value is -4.66. The van der Waals surface area contributed by atoms with Crippen molar-refractivity contribution in [3.05, 3.63) is 94.8 Å². The number of esters is 2. The molecule has 0 N–H and O–H groups in total. The molecule has 0 aliphatic heterocycles. The predicted molar refractivity (Wildman–Crippen MR) is 143 cm³/mol. The number of carbonyl (C=O) groups is 2. The number of ether oxygens (including phenoxy) is 2. The number of nitrogens with zero attached hydrogens (tertiary/aromatic N) is 2. The molecule has 1 aliphatic rings. The Bertz CT molecular complexity index is 1840. The van der Waals surface area contributed by atoms with Gasteiger partial charge in [-0.05, 0) is 60.4 Å². The van der Waals surface area contributed by atoms with E-state index in [1.807, 2.05) is 6.07 Å². The van der Waals surface area contributed by atoms with Crippen LogP contribution in [0.3, 0.4) is 0 Å². The van der Waals surface area contributed by atoms with E-state index >= 15 is 0 Å². The summed E-state index contributed by atoms with van der Waals surface area (Å²) in [6.07, 6.45) is 8.39. The smallest absolute Gasteiger partial charge is 0.345 e. The summed E-state index contributed by atoms with van der Waals surface area (Å²) in [6.45, 7) is 6.06. The normalized spacial score (nSPS) is 14.2. The van der Waals surface area contributed by atoms with Gasteiger partial charge in [0.1, 0.15) is 17.2 Å². The molecule has 0 saturated heterocycles. The molecule has 0 fully saturated rings. The van der Waals surface area contributed by atoms with Gasteiger partial charge in [0.25, 0.3) is 0 Å². The standard InChI is InChI=1S/C31H24F2N2O5/c1-16-15-38-26-22-6-7-23-21(5-4-8-31(23,2)3)25(22)28(40-30(37)18-10-20(33)14-35-12-18)27(24(16)26)39-29(36)17-9-19(32)13-34-11-17/h6-7,9-15H,4-5,8H2,1-3H3. The topological polar surface area (TPSA) is 91.5 Å². The van der Waals surface area contributed by atoms with Crippen LogP contribution in [0.25, 0.3) is 21.7 Å². The van der Waals surface area contributed by atoms with Gasteiger partial charge in [0.15, 0.2) is 11.5 Å². The largest absolute Gasteiger partial charge is 0.463 e. The minimum atomic E-state index is -0.900. The fourth-order valence-electron chi connectivity index (χ4n) is 5.53. The quantitative estimate of drug-likeness (QED) is 0.178. The van der Waals surface area contributed by atoms with Crippen LogP contribution in [0, 0.1) is 18.6 Å². The van der Waals surface area contributed by atoms with Crippen molar-refractivity contribution < 1.29 is 32.3 Å². The highest BCUT2D eigenvalue weighted by atomic mass is 19.1. The fraction of sp³-hybridized carbons (Fsp3) is 0.226. The Balaban J connectivity index is 1.65. The lowest BCUT2D eigenvalue weighted by Gasteiger charge is -2.33. The van der Waals surface area contributed by atoms with E-state index in [1.165, 1.54) is 18.7 Å². The summed E-state index contributed by atoms with van der Waals surface area (Å²) in [5.41, 5.74) is 2.69. The molecule has 0 spiro atoms. The summed E-state index contributed by atoms with van der Waals surface area (Å²) in [4.78, 5) is 34.1. The average molecular weight is 543 g/mol. The highest BCUT2D eigenvalue weighted by Gasteiger charge is 2.33. The van der Waals surface area contributed by atoms with Gasteiger partial charge in [-0.3, -0.25) is 9.97 Å². The van der Waals surface area contributed by atoms with Crippen LogP contribution in [-0.4, -0.2) is 21.9 Å². The van der Waals surface area contributed by atoms with Crippen molar-refractivity contribution in [1.82, 2.24) is 9.97 Å². The lowest BCUT2D eigenvalue weighted by Crippen LogP contribution is -2.24. The zero-order valence-electron chi connectivity index (χ0n) is 22.0. The van der Waals surface area contributed by atoms with E-state index in [0.717, 1.165) is 48.5 Å². The third kappa shape index (κ3) is 4.27. The molecule has 0 bridgehead atoms. The van der Waals surface area contributed by atoms with Crippen LogP contribution in [0.4, 0.5) is 8.78 Å². The minimum Gasteiger partial charge on any atom is -0.463 e. The van der Waals surface area contributed by atoms with Crippen LogP contribution >= 0.6 is 0 Å². The van der Waals surface area contributed by atoms with Gasteiger partial charge in [0.2, 0.25) is 0 Å². The number of furan rings is 1. The van der Waals surface area contributed by atoms with E-state index in [2.05, 4.69) is 29.9 Å². The van der Waals surface area contributed by atoms with Gasteiger partial charge in [-0.25, -0.2) is 18.4 Å². The number of benzene rings is 2. The lowest BCUT2D eigenvalue weighted by molar-refractivity contribution is 0.0685. The fourth-order valence-corrected chi connectivity index (χ4v) is 5.53. The maximum Gasteiger partial charge on any atom is 0.345 e. The van der Waals surface area contributed by atoms with E-state index < -0.39 is 23.6 Å². The Morgan fingerprint density at radius 3 is 2.10 bits per heavy atom. The van der Waals surface area contributed by atoms with Crippen molar-refractivity contribution in [2.24, 2.45) is 0 Å². The van der Waals surface area contributed by atoms with Crippen LogP contribution in [0.5, 0.6) is 11.5 Å². The number of aromatic nitrogens is 2. The second kappa shape index (κ2) is 9.51. The number of carbonyl (C=O) groups excluding carboxylic acids is 2. The third-order valence-electron chi connectivity index (χ3n) is 7.42. The molecular weight excluding hydrogens is 518 g/mol. The molecule has 6 rings (SSSR count). The second-order valence-electron chi connectivity index (χ2n) is 10.6. The number of aryl methyl sites for hydroxylation is 2. The van der Waals surface area contributed by atoms with E-state index in [4.69, 9.17) is 13.9 Å².